The quantitative estimate of drug-likeness (QED) is 0.842. The number of piperidine rings is 1. The van der Waals surface area contributed by atoms with Crippen molar-refractivity contribution in [2.45, 2.75) is 37.6 Å². The van der Waals surface area contributed by atoms with Gasteiger partial charge in [-0.3, -0.25) is 9.59 Å². The summed E-state index contributed by atoms with van der Waals surface area (Å²) in [5, 5.41) is 3.04. The van der Waals surface area contributed by atoms with Gasteiger partial charge in [0.15, 0.2) is 0 Å². The Kier molecular flexibility index (Phi) is 5.28. The Labute approximate surface area is 131 Å². The van der Waals surface area contributed by atoms with E-state index < -0.39 is 0 Å². The van der Waals surface area contributed by atoms with Gasteiger partial charge in [0, 0.05) is 29.9 Å². The van der Waals surface area contributed by atoms with Crippen molar-refractivity contribution >= 4 is 24.4 Å². The van der Waals surface area contributed by atoms with E-state index in [2.05, 4.69) is 17.9 Å². The number of hydrogen-bond donors (Lipinski definition) is 2. The smallest absolute Gasteiger partial charge is 0.252 e. The minimum absolute atomic E-state index is 0.0344. The van der Waals surface area contributed by atoms with Crippen LogP contribution in [0, 0.1) is 5.92 Å². The lowest BCUT2D eigenvalue weighted by Crippen LogP contribution is -2.47. The average molecular weight is 306 g/mol. The summed E-state index contributed by atoms with van der Waals surface area (Å²) >= 11 is 4.31. The van der Waals surface area contributed by atoms with E-state index in [1.807, 2.05) is 36.9 Å². The van der Waals surface area contributed by atoms with E-state index in [0.717, 1.165) is 12.8 Å². The number of carbonyl (C=O) groups excluding carboxylic acids is 2. The first-order valence-electron chi connectivity index (χ1n) is 7.36. The summed E-state index contributed by atoms with van der Waals surface area (Å²) in [5.74, 6) is 0.141. The first-order valence-corrected chi connectivity index (χ1v) is 7.81. The highest BCUT2D eigenvalue weighted by atomic mass is 32.1. The zero-order chi connectivity index (χ0) is 15.4. The molecule has 1 fully saturated rings. The summed E-state index contributed by atoms with van der Waals surface area (Å²) in [7, 11) is 0. The van der Waals surface area contributed by atoms with Crippen LogP contribution in [-0.2, 0) is 4.79 Å². The molecule has 1 heterocycles. The van der Waals surface area contributed by atoms with Gasteiger partial charge in [-0.25, -0.2) is 0 Å². The lowest BCUT2D eigenvalue weighted by Gasteiger charge is -2.33. The molecule has 0 bridgehead atoms. The lowest BCUT2D eigenvalue weighted by molar-refractivity contribution is -0.135. The Morgan fingerprint density at radius 3 is 2.43 bits per heavy atom. The van der Waals surface area contributed by atoms with Crippen LogP contribution in [0.15, 0.2) is 29.2 Å². The molecule has 21 heavy (non-hydrogen) atoms. The van der Waals surface area contributed by atoms with Crippen LogP contribution in [0.3, 0.4) is 0 Å². The fourth-order valence-electron chi connectivity index (χ4n) is 2.54. The Morgan fingerprint density at radius 2 is 1.86 bits per heavy atom. The van der Waals surface area contributed by atoms with Gasteiger partial charge in [-0.2, -0.15) is 0 Å². The number of amides is 2. The first kappa shape index (κ1) is 15.9. The number of benzene rings is 1. The Hall–Kier alpha value is -1.49. The van der Waals surface area contributed by atoms with Crippen LogP contribution in [-0.4, -0.2) is 35.8 Å². The van der Waals surface area contributed by atoms with Crippen LogP contribution in [0.25, 0.3) is 0 Å². The van der Waals surface area contributed by atoms with Gasteiger partial charge in [0.1, 0.15) is 0 Å². The zero-order valence-electron chi connectivity index (χ0n) is 12.5. The Morgan fingerprint density at radius 1 is 1.24 bits per heavy atom. The second-order valence-electron chi connectivity index (χ2n) is 5.74. The molecule has 2 rings (SSSR count). The van der Waals surface area contributed by atoms with Gasteiger partial charge in [-0.1, -0.05) is 26.0 Å². The molecular weight excluding hydrogens is 284 g/mol. The maximum absolute atomic E-state index is 12.2. The number of likely N-dealkylation sites (tertiary alicyclic amines) is 1. The highest BCUT2D eigenvalue weighted by molar-refractivity contribution is 7.80. The van der Waals surface area contributed by atoms with E-state index in [4.69, 9.17) is 0 Å². The number of nitrogens with zero attached hydrogens (tertiary/aromatic N) is 1. The molecule has 4 nitrogen and oxygen atoms in total. The molecule has 0 aliphatic carbocycles. The summed E-state index contributed by atoms with van der Waals surface area (Å²) < 4.78 is 0. The highest BCUT2D eigenvalue weighted by Gasteiger charge is 2.25. The Bertz CT molecular complexity index is 523. The predicted octanol–water partition coefficient (Wildman–Crippen LogP) is 2.35. The van der Waals surface area contributed by atoms with Crippen molar-refractivity contribution in [1.29, 1.82) is 0 Å². The molecule has 1 aromatic carbocycles. The highest BCUT2D eigenvalue weighted by Crippen LogP contribution is 2.16. The van der Waals surface area contributed by atoms with Gasteiger partial charge in [0.25, 0.3) is 5.91 Å². The summed E-state index contributed by atoms with van der Waals surface area (Å²) in [6.07, 6.45) is 1.61. The summed E-state index contributed by atoms with van der Waals surface area (Å²) in [6.45, 7) is 5.26. The summed E-state index contributed by atoms with van der Waals surface area (Å²) in [5.41, 5.74) is 0.599. The fourth-order valence-corrected chi connectivity index (χ4v) is 2.80. The minimum Gasteiger partial charge on any atom is -0.349 e. The van der Waals surface area contributed by atoms with Gasteiger partial charge in [-0.15, -0.1) is 12.6 Å². The minimum atomic E-state index is -0.0887. The molecule has 114 valence electrons. The van der Waals surface area contributed by atoms with Gasteiger partial charge < -0.3 is 10.2 Å². The molecule has 0 unspecified atom stereocenters. The van der Waals surface area contributed by atoms with E-state index >= 15 is 0 Å². The predicted molar refractivity (Wildman–Crippen MR) is 85.6 cm³/mol. The molecule has 0 radical (unpaired) electrons. The second-order valence-corrected chi connectivity index (χ2v) is 6.23. The number of carbonyl (C=O) groups is 2. The number of rotatable bonds is 3. The van der Waals surface area contributed by atoms with Crippen LogP contribution < -0.4 is 5.32 Å². The topological polar surface area (TPSA) is 49.4 Å². The van der Waals surface area contributed by atoms with Crippen LogP contribution >= 0.6 is 12.6 Å². The SMILES string of the molecule is CC(C)C(=O)N1CCC(NC(=O)c2ccccc2S)CC1. The molecule has 0 saturated carbocycles. The van der Waals surface area contributed by atoms with E-state index in [9.17, 15) is 9.59 Å². The molecule has 1 aromatic rings. The molecule has 0 spiro atoms. The number of thiol groups is 1. The second kappa shape index (κ2) is 6.98. The maximum atomic E-state index is 12.2. The van der Waals surface area contributed by atoms with Crippen molar-refractivity contribution in [2.24, 2.45) is 5.92 Å². The van der Waals surface area contributed by atoms with Crippen molar-refractivity contribution in [3.05, 3.63) is 29.8 Å². The summed E-state index contributed by atoms with van der Waals surface area (Å²) in [6, 6.07) is 7.40. The summed E-state index contributed by atoms with van der Waals surface area (Å²) in [4.78, 5) is 26.7. The van der Waals surface area contributed by atoms with E-state index in [0.29, 0.717) is 23.5 Å². The molecule has 1 saturated heterocycles. The average Bonchev–Trinajstić information content (AvgIpc) is 2.47. The van der Waals surface area contributed by atoms with Crippen molar-refractivity contribution in [3.63, 3.8) is 0 Å². The standard InChI is InChI=1S/C16H22N2O2S/c1-11(2)16(20)18-9-7-12(8-10-18)17-15(19)13-5-3-4-6-14(13)21/h3-6,11-12,21H,7-10H2,1-2H3,(H,17,19). The van der Waals surface area contributed by atoms with Crippen LogP contribution in [0.4, 0.5) is 0 Å². The monoisotopic (exact) mass is 306 g/mol. The van der Waals surface area contributed by atoms with Crippen LogP contribution in [0.5, 0.6) is 0 Å². The molecule has 1 N–H and O–H groups in total. The Balaban J connectivity index is 1.88. The fraction of sp³-hybridized carbons (Fsp3) is 0.500. The number of hydrogen-bond acceptors (Lipinski definition) is 3. The van der Waals surface area contributed by atoms with Gasteiger partial charge >= 0.3 is 0 Å². The van der Waals surface area contributed by atoms with Crippen LogP contribution in [0.1, 0.15) is 37.0 Å². The lowest BCUT2D eigenvalue weighted by atomic mass is 10.0. The molecule has 1 aliphatic rings. The van der Waals surface area contributed by atoms with Gasteiger partial charge in [0.05, 0.1) is 5.56 Å². The first-order chi connectivity index (χ1) is 9.99. The van der Waals surface area contributed by atoms with Crippen molar-refractivity contribution < 1.29 is 9.59 Å². The van der Waals surface area contributed by atoms with Crippen molar-refractivity contribution in [2.75, 3.05) is 13.1 Å². The third-order valence-electron chi connectivity index (χ3n) is 3.78. The third kappa shape index (κ3) is 4.00. The maximum Gasteiger partial charge on any atom is 0.252 e. The van der Waals surface area contributed by atoms with E-state index in [1.54, 1.807) is 6.07 Å². The molecule has 0 atom stereocenters. The molecule has 5 heteroatoms. The molecule has 2 amide bonds. The van der Waals surface area contributed by atoms with Gasteiger partial charge in [0.2, 0.25) is 5.91 Å². The molecular formula is C16H22N2O2S. The number of nitrogens with one attached hydrogen (secondary N) is 1. The van der Waals surface area contributed by atoms with E-state index in [-0.39, 0.29) is 23.8 Å². The molecule has 0 aromatic heterocycles. The molecule has 1 aliphatic heterocycles. The van der Waals surface area contributed by atoms with Crippen molar-refractivity contribution in [1.82, 2.24) is 10.2 Å². The van der Waals surface area contributed by atoms with Crippen molar-refractivity contribution in [3.8, 4) is 0 Å². The van der Waals surface area contributed by atoms with Crippen LogP contribution in [0.2, 0.25) is 0 Å². The van der Waals surface area contributed by atoms with E-state index in [1.165, 1.54) is 0 Å². The van der Waals surface area contributed by atoms with Gasteiger partial charge in [-0.05, 0) is 25.0 Å². The normalized spacial score (nSPS) is 16.1. The third-order valence-corrected chi connectivity index (χ3v) is 4.17. The zero-order valence-corrected chi connectivity index (χ0v) is 13.4. The largest absolute Gasteiger partial charge is 0.349 e.